The zero-order valence-corrected chi connectivity index (χ0v) is 30.7. The minimum absolute atomic E-state index is 0.111. The smallest absolute Gasteiger partial charge is 0.335 e. The number of benzene rings is 5. The van der Waals surface area contributed by atoms with Gasteiger partial charge in [-0.25, -0.2) is 4.79 Å². The third-order valence-corrected chi connectivity index (χ3v) is 10.5. The highest BCUT2D eigenvalue weighted by Gasteiger charge is 2.28. The van der Waals surface area contributed by atoms with Crippen LogP contribution in [0.2, 0.25) is 0 Å². The highest BCUT2D eigenvalue weighted by molar-refractivity contribution is 5.75. The summed E-state index contributed by atoms with van der Waals surface area (Å²) in [5.41, 5.74) is 12.0. The quantitative estimate of drug-likeness (QED) is 0.109. The molecule has 0 aliphatic heterocycles. The van der Waals surface area contributed by atoms with Gasteiger partial charge in [0.2, 0.25) is 0 Å². The van der Waals surface area contributed by atoms with Gasteiger partial charge >= 0.3 is 5.97 Å². The lowest BCUT2D eigenvalue weighted by molar-refractivity contribution is -0.154. The van der Waals surface area contributed by atoms with Crippen LogP contribution in [0.15, 0.2) is 121 Å². The number of likely N-dealkylation sites (N-methyl/N-ethyl adjacent to an activating group) is 1. The second-order valence-electron chi connectivity index (χ2n) is 13.7. The van der Waals surface area contributed by atoms with Gasteiger partial charge in [-0.1, -0.05) is 123 Å². The van der Waals surface area contributed by atoms with E-state index in [2.05, 4.69) is 123 Å². The first kappa shape index (κ1) is 36.1. The number of esters is 1. The van der Waals surface area contributed by atoms with Crippen molar-refractivity contribution in [2.75, 3.05) is 33.9 Å². The van der Waals surface area contributed by atoms with Gasteiger partial charge in [0, 0.05) is 31.9 Å². The summed E-state index contributed by atoms with van der Waals surface area (Å²) in [6, 6.07) is 44.0. The second-order valence-corrected chi connectivity index (χ2v) is 13.7. The average Bonchev–Trinajstić information content (AvgIpc) is 3.33. The third-order valence-electron chi connectivity index (χ3n) is 10.5. The molecule has 0 N–H and O–H groups in total. The molecule has 5 aromatic carbocycles. The summed E-state index contributed by atoms with van der Waals surface area (Å²) in [7, 11) is 3.76. The number of hydrogen-bond donors (Lipinski definition) is 0. The SMILES string of the molecule is CCOC(=O)C(Cc1ccc(OCCN(C)C2c3ccc(C(C)c4ccccc4)cc3CCc3cc(C(C)c4ccccc4)ccc32)cc1)OC. The minimum atomic E-state index is -0.619. The molecule has 5 aromatic rings. The number of rotatable bonds is 14. The van der Waals surface area contributed by atoms with Crippen LogP contribution in [0.1, 0.15) is 88.7 Å². The first-order valence-electron chi connectivity index (χ1n) is 18.3. The van der Waals surface area contributed by atoms with Crippen LogP contribution in [-0.2, 0) is 33.5 Å². The Balaban J connectivity index is 1.22. The first-order valence-corrected chi connectivity index (χ1v) is 18.3. The zero-order valence-electron chi connectivity index (χ0n) is 30.7. The minimum Gasteiger partial charge on any atom is -0.492 e. The molecule has 5 heteroatoms. The molecule has 0 fully saturated rings. The van der Waals surface area contributed by atoms with E-state index in [4.69, 9.17) is 14.2 Å². The molecule has 3 atom stereocenters. The molecule has 0 saturated carbocycles. The predicted octanol–water partition coefficient (Wildman–Crippen LogP) is 9.31. The molecule has 0 spiro atoms. The van der Waals surface area contributed by atoms with Gasteiger partial charge in [-0.05, 0) is 89.0 Å². The van der Waals surface area contributed by atoms with E-state index in [1.807, 2.05) is 24.3 Å². The molecule has 0 aromatic heterocycles. The second kappa shape index (κ2) is 17.0. The van der Waals surface area contributed by atoms with E-state index >= 15 is 0 Å². The largest absolute Gasteiger partial charge is 0.492 e. The lowest BCUT2D eigenvalue weighted by Crippen LogP contribution is -2.30. The van der Waals surface area contributed by atoms with Gasteiger partial charge in [0.15, 0.2) is 6.10 Å². The van der Waals surface area contributed by atoms with E-state index in [1.165, 1.54) is 51.6 Å². The van der Waals surface area contributed by atoms with Crippen molar-refractivity contribution in [3.05, 3.63) is 171 Å². The van der Waals surface area contributed by atoms with E-state index in [0.717, 1.165) is 30.7 Å². The van der Waals surface area contributed by atoms with Crippen molar-refractivity contribution in [2.24, 2.45) is 0 Å². The summed E-state index contributed by atoms with van der Waals surface area (Å²) in [5.74, 6) is 1.11. The Bertz CT molecular complexity index is 1770. The highest BCUT2D eigenvalue weighted by Crippen LogP contribution is 2.39. The molecular weight excluding hydrogens is 631 g/mol. The molecule has 0 radical (unpaired) electrons. The fourth-order valence-corrected chi connectivity index (χ4v) is 7.41. The monoisotopic (exact) mass is 681 g/mol. The zero-order chi connectivity index (χ0) is 35.7. The van der Waals surface area contributed by atoms with Crippen LogP contribution in [0.4, 0.5) is 0 Å². The van der Waals surface area contributed by atoms with Gasteiger partial charge in [0.1, 0.15) is 12.4 Å². The van der Waals surface area contributed by atoms with E-state index in [9.17, 15) is 4.79 Å². The van der Waals surface area contributed by atoms with E-state index in [-0.39, 0.29) is 12.0 Å². The Morgan fingerprint density at radius 1 is 0.725 bits per heavy atom. The third kappa shape index (κ3) is 8.61. The van der Waals surface area contributed by atoms with Crippen molar-refractivity contribution in [1.82, 2.24) is 4.90 Å². The Labute approximate surface area is 304 Å². The van der Waals surface area contributed by atoms with Crippen molar-refractivity contribution >= 4 is 5.97 Å². The fourth-order valence-electron chi connectivity index (χ4n) is 7.41. The van der Waals surface area contributed by atoms with Gasteiger partial charge in [0.25, 0.3) is 0 Å². The summed E-state index contributed by atoms with van der Waals surface area (Å²) in [4.78, 5) is 14.6. The molecule has 3 unspecified atom stereocenters. The molecule has 1 aliphatic carbocycles. The molecule has 0 bridgehead atoms. The Kier molecular flexibility index (Phi) is 12.0. The van der Waals surface area contributed by atoms with E-state index < -0.39 is 6.10 Å². The number of methoxy groups -OCH3 is 1. The van der Waals surface area contributed by atoms with Crippen LogP contribution in [0, 0.1) is 0 Å². The molecular formula is C46H51NO4. The summed E-state index contributed by atoms with van der Waals surface area (Å²) < 4.78 is 16.8. The number of hydrogen-bond acceptors (Lipinski definition) is 5. The number of ether oxygens (including phenoxy) is 3. The van der Waals surface area contributed by atoms with Crippen molar-refractivity contribution in [3.63, 3.8) is 0 Å². The number of nitrogens with zero attached hydrogens (tertiary/aromatic N) is 1. The van der Waals surface area contributed by atoms with Crippen LogP contribution < -0.4 is 4.74 Å². The maximum absolute atomic E-state index is 12.2. The van der Waals surface area contributed by atoms with Crippen molar-refractivity contribution in [2.45, 2.75) is 64.0 Å². The maximum atomic E-state index is 12.2. The van der Waals surface area contributed by atoms with E-state index in [0.29, 0.717) is 31.5 Å². The molecule has 5 nitrogen and oxygen atoms in total. The van der Waals surface area contributed by atoms with Gasteiger partial charge in [0.05, 0.1) is 12.6 Å². The lowest BCUT2D eigenvalue weighted by atomic mass is 9.86. The molecule has 0 amide bonds. The molecule has 0 saturated heterocycles. The van der Waals surface area contributed by atoms with Crippen molar-refractivity contribution in [3.8, 4) is 5.75 Å². The molecule has 1 aliphatic rings. The molecule has 6 rings (SSSR count). The van der Waals surface area contributed by atoms with Gasteiger partial charge in [-0.2, -0.15) is 0 Å². The number of fused-ring (bicyclic) bond motifs is 2. The summed E-state index contributed by atoms with van der Waals surface area (Å²) in [6.07, 6.45) is 1.85. The van der Waals surface area contributed by atoms with Gasteiger partial charge in [-0.3, -0.25) is 4.90 Å². The summed E-state index contributed by atoms with van der Waals surface area (Å²) in [5, 5.41) is 0. The predicted molar refractivity (Wildman–Crippen MR) is 206 cm³/mol. The normalized spacial score (nSPS) is 15.6. The topological polar surface area (TPSA) is 48.0 Å². The van der Waals surface area contributed by atoms with Crippen molar-refractivity contribution in [1.29, 1.82) is 0 Å². The fraction of sp³-hybridized carbons (Fsp3) is 0.326. The molecule has 51 heavy (non-hydrogen) atoms. The summed E-state index contributed by atoms with van der Waals surface area (Å²) >= 11 is 0. The molecule has 264 valence electrons. The van der Waals surface area contributed by atoms with Gasteiger partial charge in [-0.15, -0.1) is 0 Å². The molecule has 0 heterocycles. The number of carbonyl (C=O) groups excluding carboxylic acids is 1. The number of aryl methyl sites for hydroxylation is 2. The van der Waals surface area contributed by atoms with Crippen LogP contribution in [0.5, 0.6) is 5.75 Å². The Morgan fingerprint density at radius 3 is 1.75 bits per heavy atom. The lowest BCUT2D eigenvalue weighted by Gasteiger charge is -2.31. The Hall–Kier alpha value is -4.71. The van der Waals surface area contributed by atoms with Crippen LogP contribution >= 0.6 is 0 Å². The van der Waals surface area contributed by atoms with Crippen molar-refractivity contribution < 1.29 is 19.0 Å². The van der Waals surface area contributed by atoms with Crippen LogP contribution in [0.3, 0.4) is 0 Å². The van der Waals surface area contributed by atoms with Gasteiger partial charge < -0.3 is 14.2 Å². The first-order chi connectivity index (χ1) is 24.9. The standard InChI is InChI=1S/C46H51NO4/c1-6-50-46(48)44(49-5)29-34-17-23-41(24-18-34)51-28-27-47(4)45-42-25-21-37(32(2)35-13-9-7-10-14-35)30-39(42)19-20-40-31-38(22-26-43(40)45)33(3)36-15-11-8-12-16-36/h7-18,21-26,30-33,44-45H,6,19-20,27-29H2,1-5H3. The Morgan fingerprint density at radius 2 is 1.25 bits per heavy atom. The highest BCUT2D eigenvalue weighted by atomic mass is 16.6. The average molecular weight is 682 g/mol. The van der Waals surface area contributed by atoms with Crippen LogP contribution in [0.25, 0.3) is 0 Å². The number of carbonyl (C=O) groups is 1. The summed E-state index contributed by atoms with van der Waals surface area (Å²) in [6.45, 7) is 8.05. The maximum Gasteiger partial charge on any atom is 0.335 e. The van der Waals surface area contributed by atoms with E-state index in [1.54, 1.807) is 6.92 Å². The van der Waals surface area contributed by atoms with Crippen LogP contribution in [-0.4, -0.2) is 50.9 Å².